The average molecular weight is 625 g/mol. The van der Waals surface area contributed by atoms with Gasteiger partial charge >= 0.3 is 12.4 Å². The van der Waals surface area contributed by atoms with Crippen LogP contribution in [0.2, 0.25) is 0 Å². The molecule has 1 aromatic heterocycles. The first kappa shape index (κ1) is 31.6. The molecule has 3 aromatic rings. The second-order valence-corrected chi connectivity index (χ2v) is 11.2. The molecule has 3 heterocycles. The van der Waals surface area contributed by atoms with Crippen LogP contribution in [0.15, 0.2) is 48.5 Å². The van der Waals surface area contributed by atoms with Crippen LogP contribution in [0.3, 0.4) is 0 Å². The highest BCUT2D eigenvalue weighted by Crippen LogP contribution is 2.39. The Bertz CT molecular complexity index is 1470. The van der Waals surface area contributed by atoms with E-state index >= 15 is 0 Å². The lowest BCUT2D eigenvalue weighted by atomic mass is 9.98. The molecule has 0 saturated carbocycles. The molecule has 0 aliphatic carbocycles. The molecule has 13 heteroatoms. The Morgan fingerprint density at radius 3 is 2.09 bits per heavy atom. The Morgan fingerprint density at radius 1 is 0.909 bits per heavy atom. The standard InChI is InChI=1S/C31H31F7N4O2/c1-40(2)24-8-11-41(12-9-24)26-17-25(20-4-6-23(32)7-5-20)27-28(39-26)44-13-3-10-42(29(27)43)18-19-14-21(30(33,34)35)16-22(15-19)31(36,37)38/h4-7,14-17,24H,3,8-13,18H2,1-2H3. The topological polar surface area (TPSA) is 48.9 Å². The van der Waals surface area contributed by atoms with E-state index < -0.39 is 41.7 Å². The van der Waals surface area contributed by atoms with Gasteiger partial charge < -0.3 is 19.4 Å². The molecule has 44 heavy (non-hydrogen) atoms. The maximum atomic E-state index is 14.1. The summed E-state index contributed by atoms with van der Waals surface area (Å²) in [5, 5.41) is 0. The minimum atomic E-state index is -5.02. The SMILES string of the molecule is CN(C)C1CCN(c2cc(-c3ccc(F)cc3)c3c(n2)OCCCN(Cc2cc(C(F)(F)F)cc(C(F)(F)F)c2)C3=O)CC1. The molecule has 2 aliphatic rings. The fourth-order valence-corrected chi connectivity index (χ4v) is 5.62. The number of hydrogen-bond acceptors (Lipinski definition) is 5. The lowest BCUT2D eigenvalue weighted by Crippen LogP contribution is -2.42. The number of ether oxygens (including phenoxy) is 1. The molecule has 0 unspecified atom stereocenters. The third kappa shape index (κ3) is 6.92. The zero-order chi connectivity index (χ0) is 31.8. The molecule has 2 aliphatic heterocycles. The summed E-state index contributed by atoms with van der Waals surface area (Å²) in [6, 6.07) is 8.85. The first-order valence-electron chi connectivity index (χ1n) is 14.1. The van der Waals surface area contributed by atoms with Crippen LogP contribution in [-0.2, 0) is 18.9 Å². The summed E-state index contributed by atoms with van der Waals surface area (Å²) in [6.45, 7) is 0.991. The summed E-state index contributed by atoms with van der Waals surface area (Å²) in [6.07, 6.45) is -8.02. The van der Waals surface area contributed by atoms with Gasteiger partial charge in [-0.15, -0.1) is 0 Å². The molecule has 6 nitrogen and oxygen atoms in total. The van der Waals surface area contributed by atoms with E-state index in [1.54, 1.807) is 6.07 Å². The molecule has 1 amide bonds. The van der Waals surface area contributed by atoms with E-state index in [2.05, 4.69) is 14.8 Å². The smallest absolute Gasteiger partial charge is 0.416 e. The number of alkyl halides is 6. The van der Waals surface area contributed by atoms with Gasteiger partial charge in [0.2, 0.25) is 5.88 Å². The summed E-state index contributed by atoms with van der Waals surface area (Å²) in [4.78, 5) is 24.2. The van der Waals surface area contributed by atoms with Crippen molar-refractivity contribution >= 4 is 11.7 Å². The number of fused-ring (bicyclic) bond motifs is 1. The van der Waals surface area contributed by atoms with Crippen molar-refractivity contribution in [1.29, 1.82) is 0 Å². The molecular weight excluding hydrogens is 593 g/mol. The predicted molar refractivity (Wildman–Crippen MR) is 150 cm³/mol. The zero-order valence-corrected chi connectivity index (χ0v) is 24.1. The molecule has 236 valence electrons. The number of carbonyl (C=O) groups is 1. The maximum Gasteiger partial charge on any atom is 0.416 e. The first-order valence-corrected chi connectivity index (χ1v) is 14.1. The van der Waals surface area contributed by atoms with Gasteiger partial charge in [-0.1, -0.05) is 12.1 Å². The molecule has 0 radical (unpaired) electrons. The van der Waals surface area contributed by atoms with Crippen LogP contribution in [0.25, 0.3) is 11.1 Å². The lowest BCUT2D eigenvalue weighted by molar-refractivity contribution is -0.143. The van der Waals surface area contributed by atoms with Crippen LogP contribution >= 0.6 is 0 Å². The fourth-order valence-electron chi connectivity index (χ4n) is 5.62. The van der Waals surface area contributed by atoms with E-state index in [0.717, 1.165) is 12.8 Å². The molecule has 0 spiro atoms. The van der Waals surface area contributed by atoms with Crippen LogP contribution in [0.5, 0.6) is 5.88 Å². The number of rotatable bonds is 5. The van der Waals surface area contributed by atoms with Crippen molar-refractivity contribution in [2.24, 2.45) is 0 Å². The summed E-state index contributed by atoms with van der Waals surface area (Å²) < 4.78 is 101. The maximum absolute atomic E-state index is 14.1. The van der Waals surface area contributed by atoms with Crippen molar-refractivity contribution in [2.75, 3.05) is 45.2 Å². The van der Waals surface area contributed by atoms with Crippen molar-refractivity contribution in [3.8, 4) is 17.0 Å². The van der Waals surface area contributed by atoms with Crippen molar-refractivity contribution in [1.82, 2.24) is 14.8 Å². The largest absolute Gasteiger partial charge is 0.477 e. The number of hydrogen-bond donors (Lipinski definition) is 0. The van der Waals surface area contributed by atoms with Crippen LogP contribution in [0.1, 0.15) is 46.3 Å². The Hall–Kier alpha value is -3.87. The molecule has 0 N–H and O–H groups in total. The van der Waals surface area contributed by atoms with Gasteiger partial charge in [0.15, 0.2) is 0 Å². The third-order valence-corrected chi connectivity index (χ3v) is 7.98. The summed E-state index contributed by atoms with van der Waals surface area (Å²) in [5.41, 5.74) is -2.38. The van der Waals surface area contributed by atoms with Crippen LogP contribution < -0.4 is 9.64 Å². The average Bonchev–Trinajstić information content (AvgIpc) is 2.96. The minimum absolute atomic E-state index is 0.00579. The molecule has 1 fully saturated rings. The van der Waals surface area contributed by atoms with Crippen LogP contribution in [0, 0.1) is 5.82 Å². The van der Waals surface area contributed by atoms with Gasteiger partial charge in [0.05, 0.1) is 17.7 Å². The number of piperidine rings is 1. The Kier molecular flexibility index (Phi) is 8.79. The van der Waals surface area contributed by atoms with Crippen molar-refractivity contribution in [2.45, 2.75) is 44.2 Å². The molecule has 0 atom stereocenters. The first-order chi connectivity index (χ1) is 20.7. The van der Waals surface area contributed by atoms with E-state index in [-0.39, 0.29) is 42.6 Å². The van der Waals surface area contributed by atoms with Crippen LogP contribution in [0.4, 0.5) is 36.6 Å². The van der Waals surface area contributed by atoms with Crippen molar-refractivity contribution in [3.63, 3.8) is 0 Å². The van der Waals surface area contributed by atoms with Gasteiger partial charge in [0.25, 0.3) is 5.91 Å². The second kappa shape index (κ2) is 12.3. The lowest BCUT2D eigenvalue weighted by Gasteiger charge is -2.36. The number of carbonyl (C=O) groups excluding carboxylic acids is 1. The summed E-state index contributed by atoms with van der Waals surface area (Å²) in [7, 11) is 4.04. The van der Waals surface area contributed by atoms with Gasteiger partial charge in [-0.25, -0.2) is 4.39 Å². The number of pyridine rings is 1. The van der Waals surface area contributed by atoms with Gasteiger partial charge in [0.1, 0.15) is 17.2 Å². The molecule has 1 saturated heterocycles. The Morgan fingerprint density at radius 2 is 1.52 bits per heavy atom. The second-order valence-electron chi connectivity index (χ2n) is 11.2. The normalized spacial score (nSPS) is 16.9. The monoisotopic (exact) mass is 624 g/mol. The summed E-state index contributed by atoms with van der Waals surface area (Å²) >= 11 is 0. The highest BCUT2D eigenvalue weighted by molar-refractivity contribution is 6.03. The highest BCUT2D eigenvalue weighted by Gasteiger charge is 2.38. The van der Waals surface area contributed by atoms with Crippen LogP contribution in [-0.4, -0.2) is 67.1 Å². The van der Waals surface area contributed by atoms with E-state index in [4.69, 9.17) is 4.74 Å². The zero-order valence-electron chi connectivity index (χ0n) is 24.1. The van der Waals surface area contributed by atoms with E-state index in [1.807, 2.05) is 14.1 Å². The predicted octanol–water partition coefficient (Wildman–Crippen LogP) is 6.88. The quantitative estimate of drug-likeness (QED) is 0.290. The van der Waals surface area contributed by atoms with Crippen molar-refractivity contribution < 1.29 is 40.3 Å². The number of benzene rings is 2. The van der Waals surface area contributed by atoms with Crippen molar-refractivity contribution in [3.05, 3.63) is 76.6 Å². The molecular formula is C31H31F7N4O2. The number of halogens is 7. The van der Waals surface area contributed by atoms with E-state index in [0.29, 0.717) is 48.2 Å². The summed E-state index contributed by atoms with van der Waals surface area (Å²) in [5.74, 6) is -0.611. The number of anilines is 1. The Labute approximate surface area is 250 Å². The highest BCUT2D eigenvalue weighted by atomic mass is 19.4. The molecule has 5 rings (SSSR count). The third-order valence-electron chi connectivity index (χ3n) is 7.98. The Balaban J connectivity index is 1.56. The number of aromatic nitrogens is 1. The molecule has 0 bridgehead atoms. The van der Waals surface area contributed by atoms with E-state index in [1.165, 1.54) is 29.2 Å². The number of nitrogens with zero attached hydrogens (tertiary/aromatic N) is 4. The van der Waals surface area contributed by atoms with E-state index in [9.17, 15) is 35.5 Å². The van der Waals surface area contributed by atoms with Gasteiger partial charge in [0, 0.05) is 37.8 Å². The molecule has 2 aromatic carbocycles. The van der Waals surface area contributed by atoms with Gasteiger partial charge in [-0.2, -0.15) is 31.3 Å². The van der Waals surface area contributed by atoms with Gasteiger partial charge in [-0.3, -0.25) is 4.79 Å². The number of amides is 1. The van der Waals surface area contributed by atoms with Gasteiger partial charge in [-0.05, 0) is 80.9 Å². The minimum Gasteiger partial charge on any atom is -0.477 e. The fraction of sp³-hybridized carbons (Fsp3) is 0.419.